The largest absolute Gasteiger partial charge is 0.466 e. The van der Waals surface area contributed by atoms with Crippen molar-refractivity contribution in [1.82, 2.24) is 4.90 Å². The first-order chi connectivity index (χ1) is 8.52. The minimum atomic E-state index is -0.126. The van der Waals surface area contributed by atoms with E-state index in [1.807, 2.05) is 33.0 Å². The van der Waals surface area contributed by atoms with E-state index in [0.717, 1.165) is 11.0 Å². The van der Waals surface area contributed by atoms with Gasteiger partial charge in [0.15, 0.2) is 0 Å². The summed E-state index contributed by atoms with van der Waals surface area (Å²) in [7, 11) is 2.01. The normalized spacial score (nSPS) is 12.5. The number of carbonyl (C=O) groups is 1. The van der Waals surface area contributed by atoms with Crippen molar-refractivity contribution in [2.24, 2.45) is 5.92 Å². The molecule has 0 heterocycles. The van der Waals surface area contributed by atoms with Gasteiger partial charge in [-0.05, 0) is 31.7 Å². The van der Waals surface area contributed by atoms with Gasteiger partial charge in [0.05, 0.1) is 12.5 Å². The Morgan fingerprint density at radius 2 is 2.22 bits per heavy atom. The molecule has 1 unspecified atom stereocenters. The van der Waals surface area contributed by atoms with Crippen molar-refractivity contribution in [2.45, 2.75) is 20.4 Å². The number of hydrogen-bond donors (Lipinski definition) is 0. The van der Waals surface area contributed by atoms with E-state index in [9.17, 15) is 4.79 Å². The van der Waals surface area contributed by atoms with Crippen LogP contribution in [0.2, 0.25) is 0 Å². The Morgan fingerprint density at radius 3 is 2.83 bits per heavy atom. The highest BCUT2D eigenvalue weighted by Gasteiger charge is 2.16. The maximum absolute atomic E-state index is 11.5. The fourth-order valence-corrected chi connectivity index (χ4v) is 2.28. The van der Waals surface area contributed by atoms with E-state index in [2.05, 4.69) is 33.0 Å². The Morgan fingerprint density at radius 1 is 1.50 bits per heavy atom. The lowest BCUT2D eigenvalue weighted by Crippen LogP contribution is -2.29. The molecule has 0 aromatic heterocycles. The zero-order valence-corrected chi connectivity index (χ0v) is 12.7. The van der Waals surface area contributed by atoms with Crippen LogP contribution in [-0.4, -0.2) is 31.1 Å². The third-order valence-corrected chi connectivity index (χ3v) is 3.11. The number of hydrogen-bond acceptors (Lipinski definition) is 3. The minimum Gasteiger partial charge on any atom is -0.466 e. The summed E-state index contributed by atoms with van der Waals surface area (Å²) in [5, 5.41) is 0. The molecule has 0 amide bonds. The summed E-state index contributed by atoms with van der Waals surface area (Å²) in [5.74, 6) is -0.222. The van der Waals surface area contributed by atoms with Crippen molar-refractivity contribution in [3.8, 4) is 0 Å². The molecule has 4 heteroatoms. The lowest BCUT2D eigenvalue weighted by Gasteiger charge is -2.20. The third kappa shape index (κ3) is 5.19. The summed E-state index contributed by atoms with van der Waals surface area (Å²) in [6, 6.07) is 8.19. The monoisotopic (exact) mass is 313 g/mol. The first-order valence-electron chi connectivity index (χ1n) is 6.12. The Balaban J connectivity index is 2.46. The summed E-state index contributed by atoms with van der Waals surface area (Å²) in [5.41, 5.74) is 1.22. The molecule has 0 radical (unpaired) electrons. The van der Waals surface area contributed by atoms with E-state index in [-0.39, 0.29) is 11.9 Å². The molecule has 0 aliphatic carbocycles. The zero-order valence-electron chi connectivity index (χ0n) is 11.1. The van der Waals surface area contributed by atoms with Crippen molar-refractivity contribution < 1.29 is 9.53 Å². The molecule has 1 atom stereocenters. The third-order valence-electron chi connectivity index (χ3n) is 2.62. The molecule has 1 aromatic rings. The molecule has 18 heavy (non-hydrogen) atoms. The van der Waals surface area contributed by atoms with Crippen LogP contribution in [0.15, 0.2) is 28.7 Å². The highest BCUT2D eigenvalue weighted by Crippen LogP contribution is 2.13. The van der Waals surface area contributed by atoms with Gasteiger partial charge in [-0.2, -0.15) is 0 Å². The van der Waals surface area contributed by atoms with Gasteiger partial charge in [0.25, 0.3) is 0 Å². The lowest BCUT2D eigenvalue weighted by atomic mass is 10.1. The van der Waals surface area contributed by atoms with Crippen molar-refractivity contribution in [1.29, 1.82) is 0 Å². The number of ether oxygens (including phenoxy) is 1. The van der Waals surface area contributed by atoms with Gasteiger partial charge in [0.2, 0.25) is 0 Å². The van der Waals surface area contributed by atoms with Crippen LogP contribution in [0.4, 0.5) is 0 Å². The van der Waals surface area contributed by atoms with Crippen molar-refractivity contribution in [3.05, 3.63) is 34.3 Å². The molecule has 0 fully saturated rings. The van der Waals surface area contributed by atoms with Crippen LogP contribution in [0, 0.1) is 5.92 Å². The summed E-state index contributed by atoms with van der Waals surface area (Å²) in [6.07, 6.45) is 0. The van der Waals surface area contributed by atoms with Crippen molar-refractivity contribution in [3.63, 3.8) is 0 Å². The molecule has 0 spiro atoms. The molecule has 0 bridgehead atoms. The van der Waals surface area contributed by atoms with E-state index in [0.29, 0.717) is 13.2 Å². The summed E-state index contributed by atoms with van der Waals surface area (Å²) >= 11 is 3.45. The number of halogens is 1. The average molecular weight is 314 g/mol. The Kier molecular flexibility index (Phi) is 6.36. The van der Waals surface area contributed by atoms with Gasteiger partial charge < -0.3 is 9.64 Å². The minimum absolute atomic E-state index is 0.0953. The number of nitrogens with zero attached hydrogens (tertiary/aromatic N) is 1. The number of carbonyl (C=O) groups excluding carboxylic acids is 1. The standard InChI is InChI=1S/C14H20BrNO2/c1-4-18-14(17)11(2)9-16(3)10-12-6-5-7-13(15)8-12/h5-8,11H,4,9-10H2,1-3H3. The Bertz CT molecular complexity index is 395. The lowest BCUT2D eigenvalue weighted by molar-refractivity contribution is -0.147. The van der Waals surface area contributed by atoms with Crippen molar-refractivity contribution in [2.75, 3.05) is 20.2 Å². The second-order valence-corrected chi connectivity index (χ2v) is 5.40. The van der Waals surface area contributed by atoms with E-state index < -0.39 is 0 Å². The highest BCUT2D eigenvalue weighted by molar-refractivity contribution is 9.10. The predicted octanol–water partition coefficient (Wildman–Crippen LogP) is 3.08. The van der Waals surface area contributed by atoms with Crippen molar-refractivity contribution >= 4 is 21.9 Å². The van der Waals surface area contributed by atoms with Crippen LogP contribution < -0.4 is 0 Å². The average Bonchev–Trinajstić information content (AvgIpc) is 2.28. The predicted molar refractivity (Wildman–Crippen MR) is 76.3 cm³/mol. The van der Waals surface area contributed by atoms with Crippen LogP contribution in [0.3, 0.4) is 0 Å². The van der Waals surface area contributed by atoms with E-state index in [1.165, 1.54) is 5.56 Å². The first-order valence-corrected chi connectivity index (χ1v) is 6.91. The van der Waals surface area contributed by atoms with Gasteiger partial charge in [-0.25, -0.2) is 0 Å². The quantitative estimate of drug-likeness (QED) is 0.756. The van der Waals surface area contributed by atoms with Gasteiger partial charge in [0.1, 0.15) is 0 Å². The van der Waals surface area contributed by atoms with Gasteiger partial charge in [-0.15, -0.1) is 0 Å². The number of rotatable bonds is 6. The van der Waals surface area contributed by atoms with E-state index in [1.54, 1.807) is 0 Å². The molecule has 0 aliphatic rings. The van der Waals surface area contributed by atoms with Gasteiger partial charge in [0, 0.05) is 17.6 Å². The second kappa shape index (κ2) is 7.54. The topological polar surface area (TPSA) is 29.5 Å². The SMILES string of the molecule is CCOC(=O)C(C)CN(C)Cc1cccc(Br)c1. The van der Waals surface area contributed by atoms with Crippen LogP contribution in [0.1, 0.15) is 19.4 Å². The summed E-state index contributed by atoms with van der Waals surface area (Å²) in [4.78, 5) is 13.7. The summed E-state index contributed by atoms with van der Waals surface area (Å²) < 4.78 is 6.08. The highest BCUT2D eigenvalue weighted by atomic mass is 79.9. The maximum atomic E-state index is 11.5. The maximum Gasteiger partial charge on any atom is 0.309 e. The van der Waals surface area contributed by atoms with Crippen LogP contribution in [0.25, 0.3) is 0 Å². The molecule has 100 valence electrons. The number of benzene rings is 1. The van der Waals surface area contributed by atoms with E-state index >= 15 is 0 Å². The first kappa shape index (κ1) is 15.2. The second-order valence-electron chi connectivity index (χ2n) is 4.48. The zero-order chi connectivity index (χ0) is 13.5. The van der Waals surface area contributed by atoms with Crippen LogP contribution in [-0.2, 0) is 16.1 Å². The molecule has 0 saturated carbocycles. The smallest absolute Gasteiger partial charge is 0.309 e. The van der Waals surface area contributed by atoms with Crippen LogP contribution in [0.5, 0.6) is 0 Å². The van der Waals surface area contributed by atoms with E-state index in [4.69, 9.17) is 4.74 Å². The molecule has 0 aliphatic heterocycles. The van der Waals surface area contributed by atoms with Gasteiger partial charge in [-0.3, -0.25) is 4.79 Å². The molecule has 1 rings (SSSR count). The fourth-order valence-electron chi connectivity index (χ4n) is 1.84. The molecule has 3 nitrogen and oxygen atoms in total. The molecule has 0 saturated heterocycles. The van der Waals surface area contributed by atoms with Gasteiger partial charge in [-0.1, -0.05) is 35.0 Å². The Labute approximate surface area is 117 Å². The van der Waals surface area contributed by atoms with Crippen LogP contribution >= 0.6 is 15.9 Å². The molecule has 1 aromatic carbocycles. The molecular formula is C14H20BrNO2. The summed E-state index contributed by atoms with van der Waals surface area (Å²) in [6.45, 7) is 5.69. The molecule has 0 N–H and O–H groups in total. The fraction of sp³-hybridized carbons (Fsp3) is 0.500. The van der Waals surface area contributed by atoms with Gasteiger partial charge >= 0.3 is 5.97 Å². The number of esters is 1. The molecular weight excluding hydrogens is 294 g/mol. The Hall–Kier alpha value is -0.870.